The Bertz CT molecular complexity index is 382. The largest absolute Gasteiger partial charge is 0.294 e. The van der Waals surface area contributed by atoms with Gasteiger partial charge in [-0.2, -0.15) is 0 Å². The van der Waals surface area contributed by atoms with E-state index >= 15 is 0 Å². The first-order valence-electron chi connectivity index (χ1n) is 9.98. The fourth-order valence-corrected chi connectivity index (χ4v) is 3.32. The second-order valence-corrected chi connectivity index (χ2v) is 7.70. The van der Waals surface area contributed by atoms with Crippen LogP contribution in [0.5, 0.6) is 0 Å². The van der Waals surface area contributed by atoms with Crippen molar-refractivity contribution in [1.29, 1.82) is 0 Å². The van der Waals surface area contributed by atoms with Gasteiger partial charge in [-0.25, -0.2) is 0 Å². The smallest absolute Gasteiger partial charge is 0.132 e. The van der Waals surface area contributed by atoms with Gasteiger partial charge in [0.05, 0.1) is 20.1 Å². The minimum absolute atomic E-state index is 0.687. The first-order chi connectivity index (χ1) is 11.1. The summed E-state index contributed by atoms with van der Waals surface area (Å²) in [5.74, 6) is 0. The molecule has 0 N–H and O–H groups in total. The fourth-order valence-electron chi connectivity index (χ4n) is 3.32. The van der Waals surface area contributed by atoms with Crippen molar-refractivity contribution in [3.63, 3.8) is 0 Å². The third-order valence-electron chi connectivity index (χ3n) is 5.50. The van der Waals surface area contributed by atoms with Crippen LogP contribution >= 0.6 is 0 Å². The molecule has 0 aliphatic rings. The van der Waals surface area contributed by atoms with Gasteiger partial charge in [-0.05, 0) is 31.9 Å². The molecule has 0 spiro atoms. The molecule has 0 aliphatic heterocycles. The highest BCUT2D eigenvalue weighted by Gasteiger charge is 2.25. The maximum absolute atomic E-state index is 2.40. The molecule has 0 bridgehead atoms. The summed E-state index contributed by atoms with van der Waals surface area (Å²) >= 11 is 0. The zero-order chi connectivity index (χ0) is 17.0. The van der Waals surface area contributed by atoms with Crippen LogP contribution < -0.4 is 4.48 Å². The first-order valence-corrected chi connectivity index (χ1v) is 9.98. The van der Waals surface area contributed by atoms with Crippen molar-refractivity contribution in [3.8, 4) is 0 Å². The number of hydrogen-bond acceptors (Lipinski definition) is 0. The number of quaternary nitrogens is 1. The second kappa shape index (κ2) is 11.7. The lowest BCUT2D eigenvalue weighted by Crippen LogP contribution is -2.48. The Morgan fingerprint density at radius 3 is 1.74 bits per heavy atom. The van der Waals surface area contributed by atoms with E-state index in [1.807, 2.05) is 0 Å². The van der Waals surface area contributed by atoms with Gasteiger partial charge in [0, 0.05) is 0 Å². The van der Waals surface area contributed by atoms with Crippen LogP contribution in [0.2, 0.25) is 0 Å². The van der Waals surface area contributed by atoms with E-state index < -0.39 is 0 Å². The van der Waals surface area contributed by atoms with Gasteiger partial charge in [-0.1, -0.05) is 82.9 Å². The van der Waals surface area contributed by atoms with Crippen LogP contribution in [0.15, 0.2) is 30.3 Å². The average Bonchev–Trinajstić information content (AvgIpc) is 2.57. The summed E-state index contributed by atoms with van der Waals surface area (Å²) < 4.78 is 0.998. The van der Waals surface area contributed by atoms with Crippen LogP contribution in [0.4, 0.5) is 5.69 Å². The van der Waals surface area contributed by atoms with Crippen LogP contribution in [-0.2, 0) is 0 Å². The molecule has 0 radical (unpaired) electrons. The van der Waals surface area contributed by atoms with E-state index in [9.17, 15) is 0 Å². The number of hydrogen-bond donors (Lipinski definition) is 0. The summed E-state index contributed by atoms with van der Waals surface area (Å²) in [7, 11) is 4.69. The topological polar surface area (TPSA) is 0 Å². The molecule has 0 aliphatic carbocycles. The van der Waals surface area contributed by atoms with Gasteiger partial charge in [0.1, 0.15) is 5.69 Å². The third-order valence-corrected chi connectivity index (χ3v) is 5.50. The molecule has 0 saturated heterocycles. The Kier molecular flexibility index (Phi) is 10.3. The minimum atomic E-state index is 0.687. The van der Waals surface area contributed by atoms with Crippen LogP contribution in [0.1, 0.15) is 84.5 Å². The van der Waals surface area contributed by atoms with E-state index in [0.29, 0.717) is 6.04 Å². The van der Waals surface area contributed by atoms with Crippen LogP contribution in [0.3, 0.4) is 0 Å². The van der Waals surface area contributed by atoms with Gasteiger partial charge in [-0.3, -0.25) is 4.48 Å². The summed E-state index contributed by atoms with van der Waals surface area (Å²) in [6.45, 7) is 4.69. The summed E-state index contributed by atoms with van der Waals surface area (Å²) in [6.07, 6.45) is 15.6. The van der Waals surface area contributed by atoms with E-state index in [1.54, 1.807) is 0 Å². The fraction of sp³-hybridized carbons (Fsp3) is 0.727. The average molecular weight is 319 g/mol. The van der Waals surface area contributed by atoms with Gasteiger partial charge >= 0.3 is 0 Å². The number of unbranched alkanes of at least 4 members (excludes halogenated alkanes) is 9. The molecule has 0 saturated carbocycles. The molecule has 132 valence electrons. The summed E-state index contributed by atoms with van der Waals surface area (Å²) in [6, 6.07) is 11.6. The highest BCUT2D eigenvalue weighted by Crippen LogP contribution is 2.24. The Hall–Kier alpha value is -0.820. The molecule has 1 aromatic carbocycles. The standard InChI is InChI=1S/C22H40N/c1-5-6-7-8-9-10-11-12-13-15-18-21(2)23(3,4)22-19-16-14-17-20-22/h14,16-17,19-21H,5-13,15,18H2,1-4H3/q+1. The molecule has 1 atom stereocenters. The number of benzene rings is 1. The number of para-hydroxylation sites is 1. The van der Waals surface area contributed by atoms with E-state index in [4.69, 9.17) is 0 Å². The zero-order valence-electron chi connectivity index (χ0n) is 16.2. The predicted octanol–water partition coefficient (Wildman–Crippen LogP) is 6.95. The molecule has 23 heavy (non-hydrogen) atoms. The van der Waals surface area contributed by atoms with Crippen LogP contribution in [0.25, 0.3) is 0 Å². The lowest BCUT2D eigenvalue weighted by atomic mass is 10.0. The lowest BCUT2D eigenvalue weighted by Gasteiger charge is -2.35. The van der Waals surface area contributed by atoms with Crippen LogP contribution in [0, 0.1) is 0 Å². The van der Waals surface area contributed by atoms with Crippen molar-refractivity contribution in [1.82, 2.24) is 4.48 Å². The molecular weight excluding hydrogens is 278 g/mol. The summed E-state index contributed by atoms with van der Waals surface area (Å²) in [5.41, 5.74) is 1.42. The maximum atomic E-state index is 2.40. The molecule has 0 amide bonds. The predicted molar refractivity (Wildman–Crippen MR) is 106 cm³/mol. The first kappa shape index (κ1) is 20.2. The molecule has 0 fully saturated rings. The van der Waals surface area contributed by atoms with Gasteiger partial charge in [0.2, 0.25) is 0 Å². The molecule has 1 aromatic rings. The van der Waals surface area contributed by atoms with Crippen molar-refractivity contribution in [2.75, 3.05) is 14.1 Å². The van der Waals surface area contributed by atoms with Gasteiger partial charge < -0.3 is 0 Å². The van der Waals surface area contributed by atoms with Crippen LogP contribution in [-0.4, -0.2) is 20.1 Å². The minimum Gasteiger partial charge on any atom is -0.294 e. The Balaban J connectivity index is 2.09. The summed E-state index contributed by atoms with van der Waals surface area (Å²) in [5, 5.41) is 0. The second-order valence-electron chi connectivity index (χ2n) is 7.70. The molecule has 1 unspecified atom stereocenters. The van der Waals surface area contributed by atoms with E-state index in [1.165, 1.54) is 76.3 Å². The molecule has 0 aromatic heterocycles. The quantitative estimate of drug-likeness (QED) is 0.272. The van der Waals surface area contributed by atoms with E-state index in [0.717, 1.165) is 4.48 Å². The molecule has 0 heterocycles. The maximum Gasteiger partial charge on any atom is 0.132 e. The Morgan fingerprint density at radius 2 is 1.22 bits per heavy atom. The highest BCUT2D eigenvalue weighted by atomic mass is 15.3. The van der Waals surface area contributed by atoms with Crippen molar-refractivity contribution < 1.29 is 0 Å². The molecule has 1 nitrogen and oxygen atoms in total. The van der Waals surface area contributed by atoms with E-state index in [-0.39, 0.29) is 0 Å². The summed E-state index contributed by atoms with van der Waals surface area (Å²) in [4.78, 5) is 0. The number of nitrogens with zero attached hydrogens (tertiary/aromatic N) is 1. The highest BCUT2D eigenvalue weighted by molar-refractivity contribution is 5.41. The SMILES string of the molecule is CCCCCCCCCCCCC(C)[N+](C)(C)c1ccccc1. The van der Waals surface area contributed by atoms with Gasteiger partial charge in [-0.15, -0.1) is 0 Å². The van der Waals surface area contributed by atoms with E-state index in [2.05, 4.69) is 58.3 Å². The third kappa shape index (κ3) is 8.01. The van der Waals surface area contributed by atoms with Gasteiger partial charge in [0.25, 0.3) is 0 Å². The van der Waals surface area contributed by atoms with Crippen molar-refractivity contribution >= 4 is 5.69 Å². The monoisotopic (exact) mass is 318 g/mol. The molecule has 1 rings (SSSR count). The Labute approximate surface area is 145 Å². The normalized spacial score (nSPS) is 13.2. The van der Waals surface area contributed by atoms with Gasteiger partial charge in [0.15, 0.2) is 0 Å². The Morgan fingerprint density at radius 1 is 0.739 bits per heavy atom. The zero-order valence-corrected chi connectivity index (χ0v) is 16.2. The van der Waals surface area contributed by atoms with Crippen molar-refractivity contribution in [2.24, 2.45) is 0 Å². The lowest BCUT2D eigenvalue weighted by molar-refractivity contribution is 0.288. The number of rotatable bonds is 13. The molecule has 1 heteroatoms. The van der Waals surface area contributed by atoms with Crippen molar-refractivity contribution in [2.45, 2.75) is 90.5 Å². The molecular formula is C22H40N+. The van der Waals surface area contributed by atoms with Crippen molar-refractivity contribution in [3.05, 3.63) is 30.3 Å².